The monoisotopic (exact) mass is 441 g/mol. The molecular weight excluding hydrogens is 410 g/mol. The number of para-hydroxylation sites is 1. The van der Waals surface area contributed by atoms with E-state index in [1.165, 1.54) is 4.31 Å². The molecule has 1 saturated heterocycles. The third-order valence-corrected chi connectivity index (χ3v) is 7.62. The number of nitrogens with one attached hydrogen (secondary N) is 1. The number of fused-ring (bicyclic) bond motifs is 1. The second-order valence-corrected chi connectivity index (χ2v) is 10.5. The van der Waals surface area contributed by atoms with Gasteiger partial charge in [-0.1, -0.05) is 25.1 Å². The Kier molecular flexibility index (Phi) is 6.31. The van der Waals surface area contributed by atoms with Crippen LogP contribution in [-0.2, 0) is 23.1 Å². The lowest BCUT2D eigenvalue weighted by atomic mass is 10.2. The molecule has 4 rings (SSSR count). The lowest BCUT2D eigenvalue weighted by Gasteiger charge is -2.18. The van der Waals surface area contributed by atoms with Crippen molar-refractivity contribution in [2.75, 3.05) is 32.5 Å². The van der Waals surface area contributed by atoms with Crippen molar-refractivity contribution < 1.29 is 8.42 Å². The Bertz CT molecular complexity index is 1140. The lowest BCUT2D eigenvalue weighted by molar-refractivity contribution is 0.314. The number of sulfonamides is 1. The number of anilines is 1. The summed E-state index contributed by atoms with van der Waals surface area (Å²) < 4.78 is 28.5. The fourth-order valence-electron chi connectivity index (χ4n) is 4.19. The predicted octanol–water partition coefficient (Wildman–Crippen LogP) is 3.38. The van der Waals surface area contributed by atoms with Crippen LogP contribution in [-0.4, -0.2) is 60.4 Å². The second-order valence-electron chi connectivity index (χ2n) is 8.35. The Morgan fingerprint density at radius 1 is 1.16 bits per heavy atom. The summed E-state index contributed by atoms with van der Waals surface area (Å²) in [5.41, 5.74) is 2.89. The van der Waals surface area contributed by atoms with Crippen LogP contribution in [0, 0.1) is 0 Å². The molecule has 1 aliphatic heterocycles. The summed E-state index contributed by atoms with van der Waals surface area (Å²) in [5, 5.41) is 3.62. The number of rotatable bonds is 8. The lowest BCUT2D eigenvalue weighted by Crippen LogP contribution is -2.27. The average molecular weight is 442 g/mol. The van der Waals surface area contributed by atoms with Gasteiger partial charge in [0.25, 0.3) is 0 Å². The van der Waals surface area contributed by atoms with Crippen molar-refractivity contribution >= 4 is 26.7 Å². The minimum atomic E-state index is -3.48. The van der Waals surface area contributed by atoms with Crippen molar-refractivity contribution in [3.8, 4) is 0 Å². The largest absolute Gasteiger partial charge is 0.381 e. The van der Waals surface area contributed by atoms with Gasteiger partial charge in [0.2, 0.25) is 10.0 Å². The van der Waals surface area contributed by atoms with E-state index in [1.807, 2.05) is 24.3 Å². The number of benzene rings is 2. The minimum Gasteiger partial charge on any atom is -0.381 e. The van der Waals surface area contributed by atoms with E-state index in [9.17, 15) is 8.42 Å². The van der Waals surface area contributed by atoms with Gasteiger partial charge in [-0.25, -0.2) is 17.7 Å². The van der Waals surface area contributed by atoms with E-state index in [-0.39, 0.29) is 4.90 Å². The van der Waals surface area contributed by atoms with E-state index >= 15 is 0 Å². The van der Waals surface area contributed by atoms with Gasteiger partial charge < -0.3 is 9.88 Å². The second kappa shape index (κ2) is 8.98. The molecule has 1 N–H and O–H groups in total. The molecule has 31 heavy (non-hydrogen) atoms. The van der Waals surface area contributed by atoms with Gasteiger partial charge in [-0.2, -0.15) is 0 Å². The molecule has 1 atom stereocenters. The summed E-state index contributed by atoms with van der Waals surface area (Å²) in [6.07, 6.45) is 2.09. The SMILES string of the molecule is CCCn1c(CN2CCC(Nc3ccccc3)C2)nc2cc(S(=O)(=O)N(C)C)ccc21. The number of nitrogens with zero attached hydrogens (tertiary/aromatic N) is 4. The van der Waals surface area contributed by atoms with Crippen LogP contribution in [0.3, 0.4) is 0 Å². The van der Waals surface area contributed by atoms with Gasteiger partial charge in [-0.3, -0.25) is 4.90 Å². The highest BCUT2D eigenvalue weighted by Crippen LogP contribution is 2.24. The zero-order valence-corrected chi connectivity index (χ0v) is 19.3. The third kappa shape index (κ3) is 4.61. The smallest absolute Gasteiger partial charge is 0.242 e. The van der Waals surface area contributed by atoms with E-state index in [0.717, 1.165) is 61.6 Å². The van der Waals surface area contributed by atoms with E-state index in [1.54, 1.807) is 26.2 Å². The molecule has 3 aromatic rings. The Morgan fingerprint density at radius 2 is 1.94 bits per heavy atom. The van der Waals surface area contributed by atoms with Gasteiger partial charge in [0.15, 0.2) is 0 Å². The Hall–Kier alpha value is -2.42. The summed E-state index contributed by atoms with van der Waals surface area (Å²) in [4.78, 5) is 7.56. The van der Waals surface area contributed by atoms with Gasteiger partial charge in [-0.15, -0.1) is 0 Å². The first-order chi connectivity index (χ1) is 14.9. The summed E-state index contributed by atoms with van der Waals surface area (Å²) in [6.45, 7) is 5.75. The maximum Gasteiger partial charge on any atom is 0.242 e. The number of hydrogen-bond donors (Lipinski definition) is 1. The molecule has 0 amide bonds. The van der Waals surface area contributed by atoms with Crippen LogP contribution in [0.2, 0.25) is 0 Å². The summed E-state index contributed by atoms with van der Waals surface area (Å²) >= 11 is 0. The zero-order chi connectivity index (χ0) is 22.0. The van der Waals surface area contributed by atoms with Crippen LogP contribution in [0.25, 0.3) is 11.0 Å². The van der Waals surface area contributed by atoms with E-state index in [4.69, 9.17) is 4.98 Å². The van der Waals surface area contributed by atoms with Crippen molar-refractivity contribution in [1.82, 2.24) is 18.8 Å². The van der Waals surface area contributed by atoms with Crippen LogP contribution in [0.4, 0.5) is 5.69 Å². The van der Waals surface area contributed by atoms with Crippen molar-refractivity contribution in [3.63, 3.8) is 0 Å². The molecule has 8 heteroatoms. The molecule has 0 saturated carbocycles. The minimum absolute atomic E-state index is 0.283. The maximum atomic E-state index is 12.5. The molecule has 7 nitrogen and oxygen atoms in total. The van der Waals surface area contributed by atoms with E-state index in [0.29, 0.717) is 6.04 Å². The van der Waals surface area contributed by atoms with Crippen molar-refractivity contribution in [2.24, 2.45) is 0 Å². The molecule has 1 unspecified atom stereocenters. The Balaban J connectivity index is 1.55. The van der Waals surface area contributed by atoms with Gasteiger partial charge in [0.05, 0.1) is 22.5 Å². The third-order valence-electron chi connectivity index (χ3n) is 5.81. The zero-order valence-electron chi connectivity index (χ0n) is 18.5. The number of aryl methyl sites for hydroxylation is 1. The maximum absolute atomic E-state index is 12.5. The molecule has 0 spiro atoms. The van der Waals surface area contributed by atoms with Gasteiger partial charge in [0, 0.05) is 45.5 Å². The summed E-state index contributed by atoms with van der Waals surface area (Å²) in [5.74, 6) is 0.997. The van der Waals surface area contributed by atoms with Gasteiger partial charge >= 0.3 is 0 Å². The number of imidazole rings is 1. The van der Waals surface area contributed by atoms with Crippen molar-refractivity contribution in [2.45, 2.75) is 43.8 Å². The first-order valence-electron chi connectivity index (χ1n) is 10.8. The highest BCUT2D eigenvalue weighted by atomic mass is 32.2. The Labute approximate surface area is 184 Å². The summed E-state index contributed by atoms with van der Waals surface area (Å²) in [7, 11) is -0.379. The topological polar surface area (TPSA) is 70.5 Å². The van der Waals surface area contributed by atoms with Crippen LogP contribution in [0.15, 0.2) is 53.4 Å². The van der Waals surface area contributed by atoms with Crippen molar-refractivity contribution in [1.29, 1.82) is 0 Å². The molecule has 1 aliphatic rings. The standard InChI is InChI=1S/C23H31N5O2S/c1-4-13-28-22-11-10-20(31(29,30)26(2)3)15-21(22)25-23(28)17-27-14-12-19(16-27)24-18-8-6-5-7-9-18/h5-11,15,19,24H,4,12-14,16-17H2,1-3H3. The quantitative estimate of drug-likeness (QED) is 0.580. The fourth-order valence-corrected chi connectivity index (χ4v) is 5.11. The average Bonchev–Trinajstić information content (AvgIpc) is 3.33. The first-order valence-corrected chi connectivity index (χ1v) is 12.3. The van der Waals surface area contributed by atoms with Crippen LogP contribution in [0.1, 0.15) is 25.6 Å². The predicted molar refractivity (Wildman–Crippen MR) is 125 cm³/mol. The molecular formula is C23H31N5O2S. The molecule has 2 heterocycles. The molecule has 0 aliphatic carbocycles. The molecule has 1 aromatic heterocycles. The molecule has 0 bridgehead atoms. The molecule has 166 valence electrons. The van der Waals surface area contributed by atoms with Crippen LogP contribution < -0.4 is 5.32 Å². The highest BCUT2D eigenvalue weighted by Gasteiger charge is 2.25. The molecule has 0 radical (unpaired) electrons. The van der Waals surface area contributed by atoms with E-state index in [2.05, 4.69) is 33.8 Å². The summed E-state index contributed by atoms with van der Waals surface area (Å²) in [6, 6.07) is 16.0. The molecule has 2 aromatic carbocycles. The van der Waals surface area contributed by atoms with Crippen LogP contribution in [0.5, 0.6) is 0 Å². The molecule has 1 fully saturated rings. The van der Waals surface area contributed by atoms with Crippen LogP contribution >= 0.6 is 0 Å². The van der Waals surface area contributed by atoms with Gasteiger partial charge in [-0.05, 0) is 43.2 Å². The normalized spacial score (nSPS) is 17.6. The Morgan fingerprint density at radius 3 is 2.65 bits per heavy atom. The first kappa shape index (κ1) is 21.8. The van der Waals surface area contributed by atoms with Gasteiger partial charge in [0.1, 0.15) is 5.82 Å². The number of likely N-dealkylation sites (tertiary alicyclic amines) is 1. The van der Waals surface area contributed by atoms with Crippen molar-refractivity contribution in [3.05, 3.63) is 54.4 Å². The van der Waals surface area contributed by atoms with E-state index < -0.39 is 10.0 Å². The fraction of sp³-hybridized carbons (Fsp3) is 0.435. The number of hydrogen-bond acceptors (Lipinski definition) is 5. The highest BCUT2D eigenvalue weighted by molar-refractivity contribution is 7.89. The number of aromatic nitrogens is 2.